The average Bonchev–Trinajstić information content (AvgIpc) is 2.58. The summed E-state index contributed by atoms with van der Waals surface area (Å²) in [5.74, 6) is 1.70. The lowest BCUT2D eigenvalue weighted by Crippen LogP contribution is -2.31. The van der Waals surface area contributed by atoms with Crippen molar-refractivity contribution in [3.8, 4) is 11.5 Å². The van der Waals surface area contributed by atoms with Crippen LogP contribution < -0.4 is 14.8 Å². The second-order valence-electron chi connectivity index (χ2n) is 6.75. The van der Waals surface area contributed by atoms with Crippen molar-refractivity contribution in [2.24, 2.45) is 0 Å². The molecule has 0 saturated heterocycles. The summed E-state index contributed by atoms with van der Waals surface area (Å²) in [5.41, 5.74) is 3.35. The van der Waals surface area contributed by atoms with Gasteiger partial charge in [-0.05, 0) is 50.1 Å². The third-order valence-corrected chi connectivity index (χ3v) is 4.33. The van der Waals surface area contributed by atoms with E-state index in [9.17, 15) is 0 Å². The van der Waals surface area contributed by atoms with Gasteiger partial charge >= 0.3 is 0 Å². The highest BCUT2D eigenvalue weighted by Gasteiger charge is 2.26. The fourth-order valence-electron chi connectivity index (χ4n) is 3.06. The van der Waals surface area contributed by atoms with Crippen molar-refractivity contribution in [2.75, 3.05) is 13.7 Å². The molecule has 1 aliphatic heterocycles. The molecule has 0 spiro atoms. The summed E-state index contributed by atoms with van der Waals surface area (Å²) in [7, 11) is 1.68. The molecule has 3 nitrogen and oxygen atoms in total. The van der Waals surface area contributed by atoms with E-state index >= 15 is 0 Å². The Labute approximate surface area is 144 Å². The molecule has 0 radical (unpaired) electrons. The fourth-order valence-corrected chi connectivity index (χ4v) is 3.06. The molecule has 2 aromatic carbocycles. The molecule has 0 saturated carbocycles. The first kappa shape index (κ1) is 16.6. The molecule has 24 heavy (non-hydrogen) atoms. The lowest BCUT2D eigenvalue weighted by atomic mass is 9.94. The zero-order valence-electron chi connectivity index (χ0n) is 14.8. The van der Waals surface area contributed by atoms with Crippen LogP contribution in [0, 0.1) is 0 Å². The largest absolute Gasteiger partial charge is 0.497 e. The van der Waals surface area contributed by atoms with Crippen LogP contribution in [-0.4, -0.2) is 19.3 Å². The monoisotopic (exact) mass is 323 g/mol. The number of hydrogen-bond donors (Lipinski definition) is 1. The second-order valence-corrected chi connectivity index (χ2v) is 6.75. The fraction of sp³-hybridized carbons (Fsp3) is 0.333. The van der Waals surface area contributed by atoms with Crippen LogP contribution in [-0.2, 0) is 0 Å². The molecule has 3 rings (SSSR count). The Hall–Kier alpha value is -2.26. The SMILES string of the molecule is COc1ccc2c(c1)OC(C)(C)C=C2CNC(C)c1ccccc1. The highest BCUT2D eigenvalue weighted by atomic mass is 16.5. The van der Waals surface area contributed by atoms with Crippen molar-refractivity contribution < 1.29 is 9.47 Å². The van der Waals surface area contributed by atoms with Crippen LogP contribution in [0.1, 0.15) is 37.9 Å². The van der Waals surface area contributed by atoms with Gasteiger partial charge < -0.3 is 14.8 Å². The minimum atomic E-state index is -0.327. The number of benzene rings is 2. The molecule has 3 heteroatoms. The summed E-state index contributed by atoms with van der Waals surface area (Å²) in [6.07, 6.45) is 2.20. The number of nitrogens with one attached hydrogen (secondary N) is 1. The van der Waals surface area contributed by atoms with Gasteiger partial charge in [0.25, 0.3) is 0 Å². The molecule has 0 bridgehead atoms. The van der Waals surface area contributed by atoms with Crippen molar-refractivity contribution in [1.29, 1.82) is 0 Å². The minimum absolute atomic E-state index is 0.291. The van der Waals surface area contributed by atoms with E-state index in [1.807, 2.05) is 18.2 Å². The first-order valence-corrected chi connectivity index (χ1v) is 8.36. The highest BCUT2D eigenvalue weighted by Crippen LogP contribution is 2.38. The predicted octanol–water partition coefficient (Wildman–Crippen LogP) is 4.60. The maximum atomic E-state index is 6.10. The van der Waals surface area contributed by atoms with Crippen molar-refractivity contribution in [2.45, 2.75) is 32.4 Å². The van der Waals surface area contributed by atoms with Crippen LogP contribution >= 0.6 is 0 Å². The molecule has 1 N–H and O–H groups in total. The molecule has 1 heterocycles. The van der Waals surface area contributed by atoms with Gasteiger partial charge in [0.1, 0.15) is 17.1 Å². The van der Waals surface area contributed by atoms with Crippen molar-refractivity contribution in [1.82, 2.24) is 5.32 Å². The maximum Gasteiger partial charge on any atom is 0.131 e. The van der Waals surface area contributed by atoms with Gasteiger partial charge in [-0.15, -0.1) is 0 Å². The molecule has 2 aromatic rings. The molecule has 0 fully saturated rings. The third kappa shape index (κ3) is 3.62. The van der Waals surface area contributed by atoms with Crippen LogP contribution in [0.15, 0.2) is 54.6 Å². The topological polar surface area (TPSA) is 30.5 Å². The van der Waals surface area contributed by atoms with Gasteiger partial charge in [-0.2, -0.15) is 0 Å². The lowest BCUT2D eigenvalue weighted by molar-refractivity contribution is 0.157. The summed E-state index contributed by atoms with van der Waals surface area (Å²) >= 11 is 0. The van der Waals surface area contributed by atoms with Gasteiger partial charge in [-0.1, -0.05) is 30.3 Å². The van der Waals surface area contributed by atoms with Crippen LogP contribution in [0.2, 0.25) is 0 Å². The van der Waals surface area contributed by atoms with Crippen molar-refractivity contribution >= 4 is 5.57 Å². The van der Waals surface area contributed by atoms with Crippen LogP contribution in [0.5, 0.6) is 11.5 Å². The average molecular weight is 323 g/mol. The molecule has 1 unspecified atom stereocenters. The zero-order valence-corrected chi connectivity index (χ0v) is 14.8. The van der Waals surface area contributed by atoms with Gasteiger partial charge in [0, 0.05) is 24.2 Å². The van der Waals surface area contributed by atoms with Crippen molar-refractivity contribution in [3.63, 3.8) is 0 Å². The zero-order chi connectivity index (χ0) is 17.2. The van der Waals surface area contributed by atoms with Gasteiger partial charge in [-0.3, -0.25) is 0 Å². The number of fused-ring (bicyclic) bond motifs is 1. The Morgan fingerprint density at radius 1 is 1.12 bits per heavy atom. The minimum Gasteiger partial charge on any atom is -0.497 e. The summed E-state index contributed by atoms with van der Waals surface area (Å²) < 4.78 is 11.4. The first-order chi connectivity index (χ1) is 11.5. The highest BCUT2D eigenvalue weighted by molar-refractivity contribution is 5.75. The van der Waals surface area contributed by atoms with E-state index in [4.69, 9.17) is 9.47 Å². The third-order valence-electron chi connectivity index (χ3n) is 4.33. The van der Waals surface area contributed by atoms with E-state index in [1.54, 1.807) is 7.11 Å². The van der Waals surface area contributed by atoms with Gasteiger partial charge in [0.15, 0.2) is 0 Å². The first-order valence-electron chi connectivity index (χ1n) is 8.36. The van der Waals surface area contributed by atoms with Gasteiger partial charge in [0.05, 0.1) is 7.11 Å². The van der Waals surface area contributed by atoms with Crippen LogP contribution in [0.25, 0.3) is 5.57 Å². The standard InChI is InChI=1S/C21H25NO2/c1-15(16-8-6-5-7-9-16)22-14-17-13-21(2,3)24-20-12-18(23-4)10-11-19(17)20/h5-13,15,22H,14H2,1-4H3. The Bertz CT molecular complexity index is 735. The Morgan fingerprint density at radius 2 is 1.88 bits per heavy atom. The van der Waals surface area contributed by atoms with Crippen LogP contribution in [0.3, 0.4) is 0 Å². The number of ether oxygens (including phenoxy) is 2. The second kappa shape index (κ2) is 6.70. The molecular weight excluding hydrogens is 298 g/mol. The molecule has 0 aliphatic carbocycles. The summed E-state index contributed by atoms with van der Waals surface area (Å²) in [4.78, 5) is 0. The maximum absolute atomic E-state index is 6.10. The number of rotatable bonds is 5. The van der Waals surface area contributed by atoms with Crippen LogP contribution in [0.4, 0.5) is 0 Å². The van der Waals surface area contributed by atoms with Crippen molar-refractivity contribution in [3.05, 3.63) is 65.7 Å². The molecule has 0 aromatic heterocycles. The number of methoxy groups -OCH3 is 1. The molecular formula is C21H25NO2. The Balaban J connectivity index is 1.81. The molecule has 1 atom stereocenters. The summed E-state index contributed by atoms with van der Waals surface area (Å²) in [6.45, 7) is 7.14. The van der Waals surface area contributed by atoms with E-state index in [2.05, 4.69) is 62.5 Å². The Kier molecular flexibility index (Phi) is 4.63. The van der Waals surface area contributed by atoms with E-state index in [0.717, 1.165) is 23.6 Å². The molecule has 1 aliphatic rings. The smallest absolute Gasteiger partial charge is 0.131 e. The normalized spacial score (nSPS) is 16.6. The van der Waals surface area contributed by atoms with E-state index in [1.165, 1.54) is 11.1 Å². The van der Waals surface area contributed by atoms with Gasteiger partial charge in [-0.25, -0.2) is 0 Å². The molecule has 0 amide bonds. The van der Waals surface area contributed by atoms with E-state index < -0.39 is 0 Å². The molecule has 126 valence electrons. The Morgan fingerprint density at radius 3 is 2.58 bits per heavy atom. The predicted molar refractivity (Wildman–Crippen MR) is 98.5 cm³/mol. The quantitative estimate of drug-likeness (QED) is 0.872. The number of hydrogen-bond acceptors (Lipinski definition) is 3. The lowest BCUT2D eigenvalue weighted by Gasteiger charge is -2.32. The van der Waals surface area contributed by atoms with E-state index in [0.29, 0.717) is 6.04 Å². The summed E-state index contributed by atoms with van der Waals surface area (Å²) in [6, 6.07) is 16.8. The summed E-state index contributed by atoms with van der Waals surface area (Å²) in [5, 5.41) is 3.62. The van der Waals surface area contributed by atoms with E-state index in [-0.39, 0.29) is 5.60 Å². The van der Waals surface area contributed by atoms with Gasteiger partial charge in [0.2, 0.25) is 0 Å².